The van der Waals surface area contributed by atoms with E-state index in [2.05, 4.69) is 4.74 Å². The first-order valence-electron chi connectivity index (χ1n) is 4.75. The molecule has 0 aliphatic heterocycles. The van der Waals surface area contributed by atoms with Crippen molar-refractivity contribution in [3.8, 4) is 5.75 Å². The van der Waals surface area contributed by atoms with Gasteiger partial charge in [-0.1, -0.05) is 0 Å². The molecule has 5 heteroatoms. The minimum atomic E-state index is -0.859. The fourth-order valence-electron chi connectivity index (χ4n) is 1.17. The number of carbonyl (C=O) groups is 1. The SMILES string of the molecule is COC(=O)C(C)Oc1cc(C)c(N)cc1F. The summed E-state index contributed by atoms with van der Waals surface area (Å²) in [6.07, 6.45) is -0.859. The lowest BCUT2D eigenvalue weighted by atomic mass is 10.2. The highest BCUT2D eigenvalue weighted by Gasteiger charge is 2.17. The largest absolute Gasteiger partial charge is 0.476 e. The smallest absolute Gasteiger partial charge is 0.346 e. The standard InChI is InChI=1S/C11H14FNO3/c1-6-4-10(8(12)5-9(6)13)16-7(2)11(14)15-3/h4-5,7H,13H2,1-3H3. The van der Waals surface area contributed by atoms with Crippen molar-refractivity contribution in [2.24, 2.45) is 0 Å². The van der Waals surface area contributed by atoms with E-state index in [-0.39, 0.29) is 5.75 Å². The maximum Gasteiger partial charge on any atom is 0.346 e. The number of methoxy groups -OCH3 is 1. The van der Waals surface area contributed by atoms with Crippen LogP contribution in [0.1, 0.15) is 12.5 Å². The van der Waals surface area contributed by atoms with Gasteiger partial charge in [-0.3, -0.25) is 0 Å². The van der Waals surface area contributed by atoms with E-state index in [4.69, 9.17) is 10.5 Å². The third kappa shape index (κ3) is 2.62. The predicted octanol–water partition coefficient (Wildman–Crippen LogP) is 1.66. The van der Waals surface area contributed by atoms with E-state index < -0.39 is 17.9 Å². The Hall–Kier alpha value is -1.78. The molecule has 0 amide bonds. The summed E-state index contributed by atoms with van der Waals surface area (Å²) in [6.45, 7) is 3.21. The Morgan fingerprint density at radius 3 is 2.69 bits per heavy atom. The summed E-state index contributed by atoms with van der Waals surface area (Å²) in [7, 11) is 1.24. The summed E-state index contributed by atoms with van der Waals surface area (Å²) < 4.78 is 23.0. The number of carbonyl (C=O) groups excluding carboxylic acids is 1. The second-order valence-electron chi connectivity index (χ2n) is 3.42. The number of rotatable bonds is 3. The Kier molecular flexibility index (Phi) is 3.71. The molecular formula is C11H14FNO3. The number of aryl methyl sites for hydroxylation is 1. The molecule has 0 aromatic heterocycles. The molecule has 0 saturated carbocycles. The van der Waals surface area contributed by atoms with Crippen molar-refractivity contribution in [1.82, 2.24) is 0 Å². The predicted molar refractivity (Wildman–Crippen MR) is 57.7 cm³/mol. The second kappa shape index (κ2) is 4.83. The normalized spacial score (nSPS) is 12.0. The monoisotopic (exact) mass is 227 g/mol. The molecule has 0 fully saturated rings. The topological polar surface area (TPSA) is 61.5 Å². The van der Waals surface area contributed by atoms with Gasteiger partial charge in [-0.05, 0) is 25.5 Å². The average Bonchev–Trinajstić information content (AvgIpc) is 2.24. The van der Waals surface area contributed by atoms with Crippen LogP contribution >= 0.6 is 0 Å². The van der Waals surface area contributed by atoms with Crippen molar-refractivity contribution in [1.29, 1.82) is 0 Å². The maximum absolute atomic E-state index is 13.4. The zero-order chi connectivity index (χ0) is 12.3. The van der Waals surface area contributed by atoms with Crippen molar-refractivity contribution >= 4 is 11.7 Å². The number of anilines is 1. The van der Waals surface area contributed by atoms with E-state index in [0.29, 0.717) is 11.3 Å². The molecule has 1 rings (SSSR count). The van der Waals surface area contributed by atoms with Gasteiger partial charge >= 0.3 is 5.97 Å². The number of esters is 1. The van der Waals surface area contributed by atoms with Crippen LogP contribution < -0.4 is 10.5 Å². The van der Waals surface area contributed by atoms with Crippen LogP contribution in [0.2, 0.25) is 0 Å². The van der Waals surface area contributed by atoms with Gasteiger partial charge in [0.05, 0.1) is 7.11 Å². The minimum absolute atomic E-state index is 0.00963. The van der Waals surface area contributed by atoms with E-state index in [1.54, 1.807) is 6.92 Å². The fourth-order valence-corrected chi connectivity index (χ4v) is 1.17. The number of hydrogen-bond acceptors (Lipinski definition) is 4. The molecule has 1 unspecified atom stereocenters. The van der Waals surface area contributed by atoms with Crippen molar-refractivity contribution < 1.29 is 18.7 Å². The Bertz CT molecular complexity index is 406. The highest BCUT2D eigenvalue weighted by atomic mass is 19.1. The molecule has 0 aliphatic carbocycles. The van der Waals surface area contributed by atoms with Crippen molar-refractivity contribution in [3.05, 3.63) is 23.5 Å². The molecule has 0 saturated heterocycles. The zero-order valence-corrected chi connectivity index (χ0v) is 9.41. The number of halogens is 1. The molecule has 1 aromatic rings. The fraction of sp³-hybridized carbons (Fsp3) is 0.364. The summed E-state index contributed by atoms with van der Waals surface area (Å²) in [4.78, 5) is 11.1. The molecule has 0 bridgehead atoms. The summed E-state index contributed by atoms with van der Waals surface area (Å²) in [5.41, 5.74) is 6.55. The molecule has 0 radical (unpaired) electrons. The van der Waals surface area contributed by atoms with E-state index in [1.165, 1.54) is 20.1 Å². The third-order valence-electron chi connectivity index (χ3n) is 2.16. The summed E-state index contributed by atoms with van der Waals surface area (Å²) in [5.74, 6) is -1.17. The molecule has 4 nitrogen and oxygen atoms in total. The number of ether oxygens (including phenoxy) is 2. The first kappa shape index (κ1) is 12.3. The Morgan fingerprint density at radius 1 is 1.50 bits per heavy atom. The van der Waals surface area contributed by atoms with Crippen molar-refractivity contribution in [2.75, 3.05) is 12.8 Å². The molecule has 0 aliphatic rings. The molecule has 0 heterocycles. The highest BCUT2D eigenvalue weighted by molar-refractivity contribution is 5.74. The van der Waals surface area contributed by atoms with E-state index in [9.17, 15) is 9.18 Å². The first-order chi connectivity index (χ1) is 7.45. The van der Waals surface area contributed by atoms with Crippen LogP contribution in [0.4, 0.5) is 10.1 Å². The Balaban J connectivity index is 2.89. The number of nitrogens with two attached hydrogens (primary N) is 1. The lowest BCUT2D eigenvalue weighted by molar-refractivity contribution is -0.148. The van der Waals surface area contributed by atoms with Gasteiger partial charge < -0.3 is 15.2 Å². The van der Waals surface area contributed by atoms with E-state index in [1.807, 2.05) is 0 Å². The van der Waals surface area contributed by atoms with Crippen LogP contribution in [0, 0.1) is 12.7 Å². The lowest BCUT2D eigenvalue weighted by Crippen LogP contribution is -2.25. The van der Waals surface area contributed by atoms with Gasteiger partial charge in [-0.2, -0.15) is 0 Å². The zero-order valence-electron chi connectivity index (χ0n) is 9.41. The summed E-state index contributed by atoms with van der Waals surface area (Å²) in [6, 6.07) is 2.61. The van der Waals surface area contributed by atoms with Crippen LogP contribution in [0.5, 0.6) is 5.75 Å². The number of benzene rings is 1. The van der Waals surface area contributed by atoms with Crippen LogP contribution in [0.25, 0.3) is 0 Å². The maximum atomic E-state index is 13.4. The van der Waals surface area contributed by atoms with Crippen molar-refractivity contribution in [3.63, 3.8) is 0 Å². The molecule has 0 spiro atoms. The van der Waals surface area contributed by atoms with E-state index in [0.717, 1.165) is 6.07 Å². The highest BCUT2D eigenvalue weighted by Crippen LogP contribution is 2.24. The van der Waals surface area contributed by atoms with Gasteiger partial charge in [0.15, 0.2) is 17.7 Å². The molecule has 2 N–H and O–H groups in total. The number of hydrogen-bond donors (Lipinski definition) is 1. The van der Waals surface area contributed by atoms with Gasteiger partial charge in [0.25, 0.3) is 0 Å². The van der Waals surface area contributed by atoms with E-state index >= 15 is 0 Å². The van der Waals surface area contributed by atoms with Gasteiger partial charge in [-0.15, -0.1) is 0 Å². The summed E-state index contributed by atoms with van der Waals surface area (Å²) in [5, 5.41) is 0. The van der Waals surface area contributed by atoms with Crippen molar-refractivity contribution in [2.45, 2.75) is 20.0 Å². The second-order valence-corrected chi connectivity index (χ2v) is 3.42. The van der Waals surface area contributed by atoms with Crippen LogP contribution in [-0.2, 0) is 9.53 Å². The first-order valence-corrected chi connectivity index (χ1v) is 4.75. The summed E-state index contributed by atoms with van der Waals surface area (Å²) >= 11 is 0. The van der Waals surface area contributed by atoms with Gasteiger partial charge in [-0.25, -0.2) is 9.18 Å². The van der Waals surface area contributed by atoms with Crippen LogP contribution in [0.15, 0.2) is 12.1 Å². The molecular weight excluding hydrogens is 213 g/mol. The van der Waals surface area contributed by atoms with Crippen LogP contribution in [0.3, 0.4) is 0 Å². The van der Waals surface area contributed by atoms with Crippen LogP contribution in [-0.4, -0.2) is 19.2 Å². The Labute approximate surface area is 93.2 Å². The average molecular weight is 227 g/mol. The Morgan fingerprint density at radius 2 is 2.12 bits per heavy atom. The quantitative estimate of drug-likeness (QED) is 0.630. The van der Waals surface area contributed by atoms with Gasteiger partial charge in [0, 0.05) is 11.8 Å². The number of nitrogen functional groups attached to an aromatic ring is 1. The molecule has 16 heavy (non-hydrogen) atoms. The van der Waals surface area contributed by atoms with Gasteiger partial charge in [0.2, 0.25) is 0 Å². The molecule has 1 aromatic carbocycles. The lowest BCUT2D eigenvalue weighted by Gasteiger charge is -2.14. The molecule has 88 valence electrons. The van der Waals surface area contributed by atoms with Gasteiger partial charge in [0.1, 0.15) is 0 Å². The third-order valence-corrected chi connectivity index (χ3v) is 2.16. The minimum Gasteiger partial charge on any atom is -0.476 e. The molecule has 1 atom stereocenters.